The van der Waals surface area contributed by atoms with E-state index in [1.165, 1.54) is 6.20 Å². The van der Waals surface area contributed by atoms with Crippen molar-refractivity contribution >= 4 is 5.97 Å². The van der Waals surface area contributed by atoms with Gasteiger partial charge in [-0.25, -0.2) is 9.78 Å². The van der Waals surface area contributed by atoms with Gasteiger partial charge in [0.1, 0.15) is 0 Å². The summed E-state index contributed by atoms with van der Waals surface area (Å²) in [5, 5.41) is 0. The lowest BCUT2D eigenvalue weighted by Gasteiger charge is -2.07. The molecule has 1 aromatic heterocycles. The van der Waals surface area contributed by atoms with Gasteiger partial charge in [0.15, 0.2) is 6.10 Å². The van der Waals surface area contributed by atoms with E-state index >= 15 is 0 Å². The fourth-order valence-corrected chi connectivity index (χ4v) is 1.00. The maximum absolute atomic E-state index is 11.3. The van der Waals surface area contributed by atoms with Crippen LogP contribution in [0.1, 0.15) is 24.2 Å². The van der Waals surface area contributed by atoms with Gasteiger partial charge in [0.05, 0.1) is 12.2 Å². The van der Waals surface area contributed by atoms with Crippen molar-refractivity contribution in [1.29, 1.82) is 0 Å². The maximum atomic E-state index is 11.3. The second-order valence-corrected chi connectivity index (χ2v) is 3.03. The average Bonchev–Trinajstić information content (AvgIpc) is 2.30. The monoisotopic (exact) mass is 219 g/mol. The Bertz CT molecular complexity index is 392. The molecule has 1 rings (SSSR count). The Kier molecular flexibility index (Phi) is 4.34. The highest BCUT2D eigenvalue weighted by atomic mass is 16.5. The zero-order valence-corrected chi connectivity index (χ0v) is 9.27. The number of carbonyl (C=O) groups is 1. The van der Waals surface area contributed by atoms with E-state index in [1.807, 2.05) is 0 Å². The van der Waals surface area contributed by atoms with Gasteiger partial charge in [-0.05, 0) is 19.9 Å². The van der Waals surface area contributed by atoms with E-state index in [1.54, 1.807) is 26.0 Å². The molecule has 0 spiro atoms. The first-order chi connectivity index (χ1) is 7.67. The van der Waals surface area contributed by atoms with Crippen molar-refractivity contribution in [3.63, 3.8) is 0 Å². The largest absolute Gasteiger partial charge is 0.462 e. The fourth-order valence-electron chi connectivity index (χ4n) is 1.00. The van der Waals surface area contributed by atoms with Crippen molar-refractivity contribution < 1.29 is 14.3 Å². The number of ether oxygens (including phenoxy) is 2. The van der Waals surface area contributed by atoms with Crippen LogP contribution in [0.2, 0.25) is 0 Å². The summed E-state index contributed by atoms with van der Waals surface area (Å²) in [6, 6.07) is 3.17. The molecule has 0 aliphatic heterocycles. The van der Waals surface area contributed by atoms with Gasteiger partial charge < -0.3 is 9.47 Å². The molecule has 0 saturated carbocycles. The lowest BCUT2D eigenvalue weighted by Crippen LogP contribution is -2.10. The molecule has 0 aliphatic rings. The number of hydrogen-bond acceptors (Lipinski definition) is 4. The van der Waals surface area contributed by atoms with Gasteiger partial charge in [0.25, 0.3) is 0 Å². The molecule has 1 heterocycles. The Morgan fingerprint density at radius 2 is 2.38 bits per heavy atom. The highest BCUT2D eigenvalue weighted by molar-refractivity contribution is 5.89. The van der Waals surface area contributed by atoms with E-state index in [4.69, 9.17) is 15.9 Å². The standard InChI is InChI=1S/C12H13NO3/c1-4-9(3)16-11-7-6-10(8-13-11)12(14)15-5-2/h1,6-9H,5H2,2-3H3. The van der Waals surface area contributed by atoms with Gasteiger partial charge in [0, 0.05) is 12.3 Å². The molecular weight excluding hydrogens is 206 g/mol. The number of aromatic nitrogens is 1. The lowest BCUT2D eigenvalue weighted by molar-refractivity contribution is 0.0526. The molecule has 0 aromatic carbocycles. The number of esters is 1. The van der Waals surface area contributed by atoms with Crippen LogP contribution < -0.4 is 4.74 Å². The minimum Gasteiger partial charge on any atom is -0.462 e. The van der Waals surface area contributed by atoms with Crippen molar-refractivity contribution in [3.05, 3.63) is 23.9 Å². The molecule has 0 fully saturated rings. The lowest BCUT2D eigenvalue weighted by atomic mass is 10.3. The summed E-state index contributed by atoms with van der Waals surface area (Å²) in [4.78, 5) is 15.3. The third kappa shape index (κ3) is 3.28. The van der Waals surface area contributed by atoms with Crippen LogP contribution in [0.3, 0.4) is 0 Å². The zero-order chi connectivity index (χ0) is 12.0. The smallest absolute Gasteiger partial charge is 0.339 e. The number of pyridine rings is 1. The Balaban J connectivity index is 2.68. The molecule has 1 unspecified atom stereocenters. The predicted molar refractivity (Wildman–Crippen MR) is 59.1 cm³/mol. The topological polar surface area (TPSA) is 48.4 Å². The Hall–Kier alpha value is -2.02. The van der Waals surface area contributed by atoms with Crippen molar-refractivity contribution in [2.24, 2.45) is 0 Å². The summed E-state index contributed by atoms with van der Waals surface area (Å²) in [6.07, 6.45) is 6.21. The molecule has 4 heteroatoms. The minimum absolute atomic E-state index is 0.339. The van der Waals surface area contributed by atoms with Crippen molar-refractivity contribution in [3.8, 4) is 18.2 Å². The summed E-state index contributed by atoms with van der Waals surface area (Å²) in [5.74, 6) is 2.41. The first-order valence-corrected chi connectivity index (χ1v) is 4.93. The van der Waals surface area contributed by atoms with Crippen molar-refractivity contribution in [2.75, 3.05) is 6.61 Å². The molecule has 0 aliphatic carbocycles. The molecule has 0 saturated heterocycles. The van der Waals surface area contributed by atoms with Crippen molar-refractivity contribution in [1.82, 2.24) is 4.98 Å². The molecule has 0 bridgehead atoms. The van der Waals surface area contributed by atoms with Gasteiger partial charge in [-0.15, -0.1) is 6.42 Å². The quantitative estimate of drug-likeness (QED) is 0.570. The van der Waals surface area contributed by atoms with E-state index in [0.29, 0.717) is 18.1 Å². The molecular formula is C12H13NO3. The predicted octanol–water partition coefficient (Wildman–Crippen LogP) is 1.66. The molecule has 4 nitrogen and oxygen atoms in total. The average molecular weight is 219 g/mol. The highest BCUT2D eigenvalue weighted by Gasteiger charge is 2.07. The summed E-state index contributed by atoms with van der Waals surface area (Å²) in [5.41, 5.74) is 0.391. The Labute approximate surface area is 94.6 Å². The third-order valence-corrected chi connectivity index (χ3v) is 1.78. The number of terminal acetylenes is 1. The first-order valence-electron chi connectivity index (χ1n) is 4.93. The molecule has 84 valence electrons. The van der Waals surface area contributed by atoms with Crippen molar-refractivity contribution in [2.45, 2.75) is 20.0 Å². The van der Waals surface area contributed by atoms with E-state index in [-0.39, 0.29) is 6.10 Å². The van der Waals surface area contributed by atoms with Crippen LogP contribution >= 0.6 is 0 Å². The normalized spacial score (nSPS) is 11.3. The summed E-state index contributed by atoms with van der Waals surface area (Å²) in [7, 11) is 0. The second-order valence-electron chi connectivity index (χ2n) is 3.03. The number of hydrogen-bond donors (Lipinski definition) is 0. The van der Waals surface area contributed by atoms with E-state index in [0.717, 1.165) is 0 Å². The molecule has 16 heavy (non-hydrogen) atoms. The number of nitrogens with zero attached hydrogens (tertiary/aromatic N) is 1. The SMILES string of the molecule is C#CC(C)Oc1ccc(C(=O)OCC)cn1. The number of carbonyl (C=O) groups excluding carboxylic acids is 1. The summed E-state index contributed by atoms with van der Waals surface area (Å²) < 4.78 is 10.1. The molecule has 0 radical (unpaired) electrons. The highest BCUT2D eigenvalue weighted by Crippen LogP contribution is 2.10. The molecule has 0 N–H and O–H groups in total. The zero-order valence-electron chi connectivity index (χ0n) is 9.27. The minimum atomic E-state index is -0.397. The van der Waals surface area contributed by atoms with Gasteiger partial charge in [-0.1, -0.05) is 5.92 Å². The van der Waals surface area contributed by atoms with Crippen LogP contribution in [0.4, 0.5) is 0 Å². The van der Waals surface area contributed by atoms with Gasteiger partial charge in [0.2, 0.25) is 5.88 Å². The molecule has 1 atom stereocenters. The van der Waals surface area contributed by atoms with Crippen LogP contribution in [0.5, 0.6) is 5.88 Å². The molecule has 1 aromatic rings. The van der Waals surface area contributed by atoms with E-state index in [9.17, 15) is 4.79 Å². The van der Waals surface area contributed by atoms with Crippen LogP contribution in [-0.2, 0) is 4.74 Å². The van der Waals surface area contributed by atoms with E-state index in [2.05, 4.69) is 10.9 Å². The summed E-state index contributed by atoms with van der Waals surface area (Å²) in [6.45, 7) is 3.82. The Morgan fingerprint density at radius 3 is 2.88 bits per heavy atom. The van der Waals surface area contributed by atoms with Crippen LogP contribution in [0.25, 0.3) is 0 Å². The fraction of sp³-hybridized carbons (Fsp3) is 0.333. The number of rotatable bonds is 4. The Morgan fingerprint density at radius 1 is 1.62 bits per heavy atom. The van der Waals surface area contributed by atoms with Crippen LogP contribution in [-0.4, -0.2) is 23.7 Å². The van der Waals surface area contributed by atoms with Gasteiger partial charge >= 0.3 is 5.97 Å². The maximum Gasteiger partial charge on any atom is 0.339 e. The second kappa shape index (κ2) is 5.76. The first kappa shape index (κ1) is 12.1. The summed E-state index contributed by atoms with van der Waals surface area (Å²) >= 11 is 0. The van der Waals surface area contributed by atoms with Gasteiger partial charge in [-0.2, -0.15) is 0 Å². The van der Waals surface area contributed by atoms with Crippen LogP contribution in [0.15, 0.2) is 18.3 Å². The molecule has 0 amide bonds. The van der Waals surface area contributed by atoms with Gasteiger partial charge in [-0.3, -0.25) is 0 Å². The third-order valence-electron chi connectivity index (χ3n) is 1.78. The van der Waals surface area contributed by atoms with Crippen LogP contribution in [0, 0.1) is 12.3 Å². The van der Waals surface area contributed by atoms with E-state index < -0.39 is 5.97 Å².